The van der Waals surface area contributed by atoms with E-state index in [0.717, 1.165) is 12.0 Å². The van der Waals surface area contributed by atoms with Crippen molar-refractivity contribution in [2.75, 3.05) is 6.61 Å². The number of benzene rings is 2. The van der Waals surface area contributed by atoms with Gasteiger partial charge in [0.2, 0.25) is 0 Å². The van der Waals surface area contributed by atoms with Crippen molar-refractivity contribution < 1.29 is 9.50 Å². The molecule has 2 rings (SSSR count). The van der Waals surface area contributed by atoms with Crippen molar-refractivity contribution in [1.29, 1.82) is 0 Å². The first-order valence-corrected chi connectivity index (χ1v) is 7.48. The number of halogens is 2. The summed E-state index contributed by atoms with van der Waals surface area (Å²) in [6, 6.07) is 13.3. The van der Waals surface area contributed by atoms with Gasteiger partial charge < -0.3 is 5.11 Å². The Morgan fingerprint density at radius 2 is 1.80 bits per heavy atom. The van der Waals surface area contributed by atoms with Crippen molar-refractivity contribution in [2.45, 2.75) is 19.8 Å². The van der Waals surface area contributed by atoms with Gasteiger partial charge in [-0.1, -0.05) is 42.0 Å². The molecule has 2 aromatic rings. The molecule has 0 aliphatic heterocycles. The SMILES string of the molecule is Cc1ccc(CC(CO)Cc2cccc(F)c2Br)cc1. The molecule has 1 nitrogen and oxygen atoms in total. The van der Waals surface area contributed by atoms with Gasteiger partial charge in [-0.15, -0.1) is 0 Å². The first-order chi connectivity index (χ1) is 9.60. The fraction of sp³-hybridized carbons (Fsp3) is 0.294. The van der Waals surface area contributed by atoms with Crippen molar-refractivity contribution in [2.24, 2.45) is 5.92 Å². The highest BCUT2D eigenvalue weighted by Gasteiger charge is 2.13. The molecule has 1 N–H and O–H groups in total. The van der Waals surface area contributed by atoms with Gasteiger partial charge in [-0.3, -0.25) is 0 Å². The lowest BCUT2D eigenvalue weighted by molar-refractivity contribution is 0.224. The summed E-state index contributed by atoms with van der Waals surface area (Å²) >= 11 is 3.28. The highest BCUT2D eigenvalue weighted by atomic mass is 79.9. The third-order valence-electron chi connectivity index (χ3n) is 3.44. The summed E-state index contributed by atoms with van der Waals surface area (Å²) in [6.07, 6.45) is 1.45. The molecule has 0 spiro atoms. The zero-order chi connectivity index (χ0) is 14.5. The maximum atomic E-state index is 13.5. The van der Waals surface area contributed by atoms with Crippen LogP contribution in [0.3, 0.4) is 0 Å². The smallest absolute Gasteiger partial charge is 0.137 e. The lowest BCUT2D eigenvalue weighted by Gasteiger charge is -2.15. The standard InChI is InChI=1S/C17H18BrFO/c1-12-5-7-13(8-6-12)9-14(11-20)10-15-3-2-4-16(19)17(15)18/h2-8,14,20H,9-11H2,1H3. The number of aliphatic hydroxyl groups excluding tert-OH is 1. The van der Waals surface area contributed by atoms with E-state index >= 15 is 0 Å². The first kappa shape index (κ1) is 15.2. The molecule has 20 heavy (non-hydrogen) atoms. The Morgan fingerprint density at radius 3 is 2.45 bits per heavy atom. The maximum absolute atomic E-state index is 13.5. The molecule has 0 saturated carbocycles. The molecule has 0 aliphatic carbocycles. The van der Waals surface area contributed by atoms with Gasteiger partial charge in [0.05, 0.1) is 4.47 Å². The van der Waals surface area contributed by atoms with Crippen LogP contribution in [0.15, 0.2) is 46.9 Å². The van der Waals surface area contributed by atoms with Gasteiger partial charge in [0.25, 0.3) is 0 Å². The molecule has 0 aromatic heterocycles. The van der Waals surface area contributed by atoms with E-state index in [2.05, 4.69) is 47.1 Å². The zero-order valence-corrected chi connectivity index (χ0v) is 13.0. The summed E-state index contributed by atoms with van der Waals surface area (Å²) in [5, 5.41) is 9.55. The van der Waals surface area contributed by atoms with Crippen LogP contribution in [-0.4, -0.2) is 11.7 Å². The molecule has 0 heterocycles. The van der Waals surface area contributed by atoms with E-state index in [4.69, 9.17) is 0 Å². The van der Waals surface area contributed by atoms with Crippen LogP contribution in [0.2, 0.25) is 0 Å². The van der Waals surface area contributed by atoms with Crippen LogP contribution in [0, 0.1) is 18.7 Å². The molecule has 106 valence electrons. The fourth-order valence-electron chi connectivity index (χ4n) is 2.28. The van der Waals surface area contributed by atoms with E-state index in [-0.39, 0.29) is 18.3 Å². The molecular weight excluding hydrogens is 319 g/mol. The van der Waals surface area contributed by atoms with Crippen LogP contribution in [0.5, 0.6) is 0 Å². The van der Waals surface area contributed by atoms with Gasteiger partial charge in [0, 0.05) is 6.61 Å². The summed E-state index contributed by atoms with van der Waals surface area (Å²) in [7, 11) is 0. The summed E-state index contributed by atoms with van der Waals surface area (Å²) in [4.78, 5) is 0. The van der Waals surface area contributed by atoms with Crippen LogP contribution >= 0.6 is 15.9 Å². The Balaban J connectivity index is 2.09. The van der Waals surface area contributed by atoms with Gasteiger partial charge in [-0.2, -0.15) is 0 Å². The second-order valence-electron chi connectivity index (χ2n) is 5.16. The summed E-state index contributed by atoms with van der Waals surface area (Å²) in [6.45, 7) is 2.15. The van der Waals surface area contributed by atoms with Crippen molar-refractivity contribution in [3.05, 3.63) is 69.4 Å². The average Bonchev–Trinajstić information content (AvgIpc) is 2.45. The van der Waals surface area contributed by atoms with Gasteiger partial charge >= 0.3 is 0 Å². The molecule has 0 saturated heterocycles. The minimum Gasteiger partial charge on any atom is -0.396 e. The molecule has 0 bridgehead atoms. The minimum atomic E-state index is -0.255. The van der Waals surface area contributed by atoms with Gasteiger partial charge in [-0.25, -0.2) is 4.39 Å². The predicted octanol–water partition coefficient (Wildman–Crippen LogP) is 4.29. The zero-order valence-electron chi connectivity index (χ0n) is 11.4. The lowest BCUT2D eigenvalue weighted by atomic mass is 9.93. The van der Waals surface area contributed by atoms with Crippen molar-refractivity contribution >= 4 is 15.9 Å². The normalized spacial score (nSPS) is 12.4. The number of hydrogen-bond acceptors (Lipinski definition) is 1. The topological polar surface area (TPSA) is 20.2 Å². The van der Waals surface area contributed by atoms with Gasteiger partial charge in [-0.05, 0) is 58.8 Å². The van der Waals surface area contributed by atoms with E-state index < -0.39 is 0 Å². The first-order valence-electron chi connectivity index (χ1n) is 6.69. The molecule has 0 amide bonds. The highest BCUT2D eigenvalue weighted by molar-refractivity contribution is 9.10. The predicted molar refractivity (Wildman–Crippen MR) is 83.3 cm³/mol. The molecule has 0 aliphatic rings. The molecule has 2 aromatic carbocycles. The van der Waals surface area contributed by atoms with E-state index in [1.165, 1.54) is 17.2 Å². The second kappa shape index (κ2) is 7.00. The van der Waals surface area contributed by atoms with E-state index in [9.17, 15) is 9.50 Å². The molecule has 1 unspecified atom stereocenters. The van der Waals surface area contributed by atoms with Crippen LogP contribution < -0.4 is 0 Å². The molecular formula is C17H18BrFO. The van der Waals surface area contributed by atoms with E-state index in [1.54, 1.807) is 6.07 Å². The fourth-order valence-corrected chi connectivity index (χ4v) is 2.70. The third-order valence-corrected chi connectivity index (χ3v) is 4.33. The van der Waals surface area contributed by atoms with E-state index in [1.807, 2.05) is 6.07 Å². The summed E-state index contributed by atoms with van der Waals surface area (Å²) in [5.74, 6) is -0.162. The number of aryl methyl sites for hydroxylation is 1. The van der Waals surface area contributed by atoms with Gasteiger partial charge in [0.15, 0.2) is 0 Å². The summed E-state index contributed by atoms with van der Waals surface area (Å²) < 4.78 is 14.0. The average molecular weight is 337 g/mol. The molecule has 0 fully saturated rings. The Morgan fingerprint density at radius 1 is 1.10 bits per heavy atom. The van der Waals surface area contributed by atoms with Crippen LogP contribution in [-0.2, 0) is 12.8 Å². The Kier molecular flexibility index (Phi) is 5.32. The number of hydrogen-bond donors (Lipinski definition) is 1. The second-order valence-corrected chi connectivity index (χ2v) is 5.95. The van der Waals surface area contributed by atoms with Crippen molar-refractivity contribution in [3.8, 4) is 0 Å². The Bertz CT molecular complexity index is 566. The number of rotatable bonds is 5. The van der Waals surface area contributed by atoms with Crippen LogP contribution in [0.1, 0.15) is 16.7 Å². The van der Waals surface area contributed by atoms with Crippen LogP contribution in [0.4, 0.5) is 4.39 Å². The highest BCUT2D eigenvalue weighted by Crippen LogP contribution is 2.24. The van der Waals surface area contributed by atoms with Crippen LogP contribution in [0.25, 0.3) is 0 Å². The van der Waals surface area contributed by atoms with Crippen molar-refractivity contribution in [3.63, 3.8) is 0 Å². The van der Waals surface area contributed by atoms with E-state index in [0.29, 0.717) is 10.9 Å². The Hall–Kier alpha value is -1.19. The molecule has 1 atom stereocenters. The monoisotopic (exact) mass is 336 g/mol. The maximum Gasteiger partial charge on any atom is 0.137 e. The molecule has 3 heteroatoms. The quantitative estimate of drug-likeness (QED) is 0.863. The summed E-state index contributed by atoms with van der Waals surface area (Å²) in [5.41, 5.74) is 3.32. The minimum absolute atomic E-state index is 0.0933. The van der Waals surface area contributed by atoms with Crippen molar-refractivity contribution in [1.82, 2.24) is 0 Å². The van der Waals surface area contributed by atoms with Gasteiger partial charge in [0.1, 0.15) is 5.82 Å². The number of aliphatic hydroxyl groups is 1. The lowest BCUT2D eigenvalue weighted by Crippen LogP contribution is -2.13. The Labute approximate surface area is 127 Å². The largest absolute Gasteiger partial charge is 0.396 e. The third kappa shape index (κ3) is 3.90. The molecule has 0 radical (unpaired) electrons.